The second kappa shape index (κ2) is 8.75. The molecule has 11 heteroatoms. The largest absolute Gasteiger partial charge is 0.514 e. The van der Waals surface area contributed by atoms with Gasteiger partial charge in [-0.05, 0) is 32.9 Å². The third-order valence-electron chi connectivity index (χ3n) is 5.09. The van der Waals surface area contributed by atoms with Crippen LogP contribution in [0.25, 0.3) is 11.3 Å². The molecule has 0 saturated carbocycles. The number of piperazine rings is 1. The number of aromatic nitrogens is 1. The number of carbonyl (C=O) groups is 2. The summed E-state index contributed by atoms with van der Waals surface area (Å²) in [4.78, 5) is 30.5. The number of amides is 1. The molecule has 1 atom stereocenters. The second-order valence-electron chi connectivity index (χ2n) is 8.62. The summed E-state index contributed by atoms with van der Waals surface area (Å²) in [6.45, 7) is 6.37. The summed E-state index contributed by atoms with van der Waals surface area (Å²) >= 11 is 6.48. The van der Waals surface area contributed by atoms with Crippen LogP contribution in [-0.4, -0.2) is 59.8 Å². The average molecular weight is 482 g/mol. The molecular formula is C22H22ClF2N3O5. The molecule has 4 rings (SSSR count). The molecule has 0 unspecified atom stereocenters. The number of halogens is 3. The van der Waals surface area contributed by atoms with E-state index >= 15 is 4.39 Å². The minimum absolute atomic E-state index is 0.0624. The molecule has 176 valence electrons. The molecule has 33 heavy (non-hydrogen) atoms. The maximum Gasteiger partial charge on any atom is 0.514 e. The zero-order valence-corrected chi connectivity index (χ0v) is 19.0. The lowest BCUT2D eigenvalue weighted by molar-refractivity contribution is 0.0207. The van der Waals surface area contributed by atoms with E-state index in [2.05, 4.69) is 10.3 Å². The van der Waals surface area contributed by atoms with Crippen LogP contribution in [0.4, 0.5) is 13.6 Å². The van der Waals surface area contributed by atoms with Gasteiger partial charge < -0.3 is 24.4 Å². The average Bonchev–Trinajstić information content (AvgIpc) is 2.87. The number of nitrogens with one attached hydrogen (secondary N) is 1. The van der Waals surface area contributed by atoms with Gasteiger partial charge in [0.2, 0.25) is 5.95 Å². The van der Waals surface area contributed by atoms with Gasteiger partial charge in [0.05, 0.1) is 11.6 Å². The van der Waals surface area contributed by atoms with E-state index in [1.165, 1.54) is 17.0 Å². The van der Waals surface area contributed by atoms with Gasteiger partial charge >= 0.3 is 6.16 Å². The van der Waals surface area contributed by atoms with Crippen molar-refractivity contribution in [3.8, 4) is 22.8 Å². The number of hydrogen-bond acceptors (Lipinski definition) is 7. The molecule has 2 aromatic rings. The Kier molecular flexibility index (Phi) is 6.15. The molecule has 1 aromatic carbocycles. The Morgan fingerprint density at radius 3 is 2.79 bits per heavy atom. The molecule has 0 spiro atoms. The van der Waals surface area contributed by atoms with Gasteiger partial charge in [-0.25, -0.2) is 14.2 Å². The van der Waals surface area contributed by atoms with E-state index in [0.29, 0.717) is 19.6 Å². The molecular weight excluding hydrogens is 460 g/mol. The number of pyridine rings is 1. The van der Waals surface area contributed by atoms with Gasteiger partial charge in [-0.3, -0.25) is 4.79 Å². The molecule has 3 heterocycles. The maximum absolute atomic E-state index is 15.2. The summed E-state index contributed by atoms with van der Waals surface area (Å²) in [6.07, 6.45) is -1.09. The molecule has 0 radical (unpaired) electrons. The Hall–Kier alpha value is -2.98. The first-order valence-electron chi connectivity index (χ1n) is 10.3. The predicted octanol–water partition coefficient (Wildman–Crippen LogP) is 3.80. The number of benzene rings is 1. The Balaban J connectivity index is 1.79. The van der Waals surface area contributed by atoms with Gasteiger partial charge in [-0.1, -0.05) is 17.7 Å². The fourth-order valence-corrected chi connectivity index (χ4v) is 3.97. The van der Waals surface area contributed by atoms with E-state index < -0.39 is 35.0 Å². The van der Waals surface area contributed by atoms with Gasteiger partial charge in [0, 0.05) is 19.6 Å². The molecule has 0 bridgehead atoms. The van der Waals surface area contributed by atoms with Crippen molar-refractivity contribution in [1.29, 1.82) is 0 Å². The maximum atomic E-state index is 15.2. The van der Waals surface area contributed by atoms with E-state index in [1.54, 1.807) is 20.8 Å². The first-order chi connectivity index (χ1) is 15.6. The summed E-state index contributed by atoms with van der Waals surface area (Å²) in [5.74, 6) is -3.15. The van der Waals surface area contributed by atoms with Crippen LogP contribution in [0, 0.1) is 11.8 Å². The molecule has 2 aliphatic heterocycles. The van der Waals surface area contributed by atoms with Gasteiger partial charge in [0.15, 0.2) is 5.75 Å². The van der Waals surface area contributed by atoms with E-state index in [4.69, 9.17) is 25.8 Å². The van der Waals surface area contributed by atoms with Crippen molar-refractivity contribution < 1.29 is 32.6 Å². The highest BCUT2D eigenvalue weighted by atomic mass is 35.5. The van der Waals surface area contributed by atoms with Crippen LogP contribution < -0.4 is 14.8 Å². The minimum atomic E-state index is -1.17. The Bertz CT molecular complexity index is 1120. The topological polar surface area (TPSA) is 90.0 Å². The molecule has 1 saturated heterocycles. The highest BCUT2D eigenvalue weighted by Gasteiger charge is 2.38. The van der Waals surface area contributed by atoms with Crippen molar-refractivity contribution in [1.82, 2.24) is 15.2 Å². The number of nitrogens with zero attached hydrogens (tertiary/aromatic N) is 2. The van der Waals surface area contributed by atoms with Gasteiger partial charge in [-0.2, -0.15) is 4.39 Å². The molecule has 1 amide bonds. The lowest BCUT2D eigenvalue weighted by atomic mass is 10.1. The summed E-state index contributed by atoms with van der Waals surface area (Å²) in [6, 6.07) is 3.35. The van der Waals surface area contributed by atoms with Crippen LogP contribution in [0.5, 0.6) is 11.5 Å². The van der Waals surface area contributed by atoms with E-state index in [9.17, 15) is 14.0 Å². The van der Waals surface area contributed by atoms with Crippen LogP contribution in [0.15, 0.2) is 18.2 Å². The smallest absolute Gasteiger partial charge is 0.489 e. The fraction of sp³-hybridized carbons (Fsp3) is 0.409. The summed E-state index contributed by atoms with van der Waals surface area (Å²) in [7, 11) is 0. The monoisotopic (exact) mass is 481 g/mol. The Morgan fingerprint density at radius 2 is 2.06 bits per heavy atom. The number of rotatable bonds is 2. The molecule has 1 N–H and O–H groups in total. The lowest BCUT2D eigenvalue weighted by Crippen LogP contribution is -2.54. The third kappa shape index (κ3) is 4.58. The number of ether oxygens (including phenoxy) is 3. The molecule has 1 fully saturated rings. The van der Waals surface area contributed by atoms with Crippen molar-refractivity contribution in [2.24, 2.45) is 0 Å². The van der Waals surface area contributed by atoms with Crippen LogP contribution in [0.3, 0.4) is 0 Å². The third-order valence-corrected chi connectivity index (χ3v) is 5.44. The van der Waals surface area contributed by atoms with E-state index in [1.807, 2.05) is 0 Å². The predicted molar refractivity (Wildman–Crippen MR) is 115 cm³/mol. The summed E-state index contributed by atoms with van der Waals surface area (Å²) < 4.78 is 46.1. The first-order valence-corrected chi connectivity index (χ1v) is 10.7. The quantitative estimate of drug-likeness (QED) is 0.396. The van der Waals surface area contributed by atoms with Crippen LogP contribution in [-0.2, 0) is 4.74 Å². The fourth-order valence-electron chi connectivity index (χ4n) is 3.68. The van der Waals surface area contributed by atoms with Crippen molar-refractivity contribution in [2.45, 2.75) is 32.4 Å². The van der Waals surface area contributed by atoms with Crippen molar-refractivity contribution in [2.75, 3.05) is 26.2 Å². The van der Waals surface area contributed by atoms with E-state index in [-0.39, 0.29) is 40.4 Å². The zero-order chi connectivity index (χ0) is 23.9. The second-order valence-corrected chi connectivity index (χ2v) is 8.99. The number of fused-ring (bicyclic) bond motifs is 2. The lowest BCUT2D eigenvalue weighted by Gasteiger charge is -2.33. The molecule has 2 aliphatic rings. The minimum Gasteiger partial charge on any atom is -0.489 e. The standard InChI is InChI=1S/C22H22ClF2N3O5/c1-22(2,3)33-21(30)32-13-6-4-5-12(24)14(13)17-16(23)18-15(19(25)27-17)20(29)28-8-7-26-9-11(28)10-31-18/h4-6,11,26H,7-10H2,1-3H3/t11-/m1/s1. The zero-order valence-electron chi connectivity index (χ0n) is 18.2. The van der Waals surface area contributed by atoms with E-state index in [0.717, 1.165) is 6.07 Å². The molecule has 0 aliphatic carbocycles. The van der Waals surface area contributed by atoms with Gasteiger partial charge in [-0.15, -0.1) is 0 Å². The van der Waals surface area contributed by atoms with Crippen LogP contribution in [0.2, 0.25) is 5.02 Å². The highest BCUT2D eigenvalue weighted by molar-refractivity contribution is 6.35. The highest BCUT2D eigenvalue weighted by Crippen LogP contribution is 2.43. The SMILES string of the molecule is CC(C)(C)OC(=O)Oc1cccc(F)c1-c1nc(F)c2c(c1Cl)OC[C@H]1CNCCN1C2=O. The van der Waals surface area contributed by atoms with Crippen molar-refractivity contribution in [3.05, 3.63) is 40.6 Å². The first kappa shape index (κ1) is 23.2. The van der Waals surface area contributed by atoms with Crippen LogP contribution >= 0.6 is 11.6 Å². The van der Waals surface area contributed by atoms with Crippen LogP contribution in [0.1, 0.15) is 31.1 Å². The Morgan fingerprint density at radius 1 is 1.30 bits per heavy atom. The molecule has 8 nitrogen and oxygen atoms in total. The van der Waals surface area contributed by atoms with Crippen molar-refractivity contribution in [3.63, 3.8) is 0 Å². The normalized spacial score (nSPS) is 18.1. The number of hydrogen-bond donors (Lipinski definition) is 1. The summed E-state index contributed by atoms with van der Waals surface area (Å²) in [5.41, 5.74) is -2.00. The van der Waals surface area contributed by atoms with Gasteiger partial charge in [0.25, 0.3) is 5.91 Å². The Labute approximate surface area is 193 Å². The van der Waals surface area contributed by atoms with Crippen molar-refractivity contribution >= 4 is 23.7 Å². The number of carbonyl (C=O) groups excluding carboxylic acids is 2. The summed E-state index contributed by atoms with van der Waals surface area (Å²) in [5, 5.41) is 2.88. The van der Waals surface area contributed by atoms with Gasteiger partial charge in [0.1, 0.15) is 40.1 Å². The molecule has 1 aromatic heterocycles.